The zero-order valence-corrected chi connectivity index (χ0v) is 12.8. The van der Waals surface area contributed by atoms with Gasteiger partial charge in [-0.1, -0.05) is 40.2 Å². The minimum atomic E-state index is -4.40. The normalized spacial score (nSPS) is 11.5. The van der Waals surface area contributed by atoms with E-state index in [1.54, 1.807) is 25.1 Å². The molecule has 0 saturated heterocycles. The van der Waals surface area contributed by atoms with Crippen molar-refractivity contribution in [3.05, 3.63) is 69.2 Å². The third-order valence-corrected chi connectivity index (χ3v) is 3.60. The summed E-state index contributed by atoms with van der Waals surface area (Å²) in [6, 6.07) is 10.1. The van der Waals surface area contributed by atoms with Gasteiger partial charge in [0.05, 0.1) is 5.56 Å². The molecule has 2 aromatic rings. The van der Waals surface area contributed by atoms with Crippen LogP contribution in [0.5, 0.6) is 0 Å². The van der Waals surface area contributed by atoms with E-state index >= 15 is 0 Å². The largest absolute Gasteiger partial charge is 0.416 e. The van der Waals surface area contributed by atoms with Crippen LogP contribution in [0.1, 0.15) is 27.0 Å². The summed E-state index contributed by atoms with van der Waals surface area (Å²) in [6.07, 6.45) is -4.45. The molecule has 0 fully saturated rings. The van der Waals surface area contributed by atoms with Crippen LogP contribution < -0.4 is 0 Å². The van der Waals surface area contributed by atoms with Crippen LogP contribution in [0.2, 0.25) is 0 Å². The van der Waals surface area contributed by atoms with Crippen molar-refractivity contribution in [3.8, 4) is 0 Å². The van der Waals surface area contributed by atoms with Gasteiger partial charge in [-0.3, -0.25) is 4.79 Å². The van der Waals surface area contributed by atoms with Crippen LogP contribution in [0.15, 0.2) is 46.9 Å². The number of hydrogen-bond donors (Lipinski definition) is 0. The highest BCUT2D eigenvalue weighted by Crippen LogP contribution is 2.29. The highest BCUT2D eigenvalue weighted by Gasteiger charge is 2.30. The fraction of sp³-hybridized carbons (Fsp3) is 0.188. The average Bonchev–Trinajstić information content (AvgIpc) is 2.37. The topological polar surface area (TPSA) is 17.1 Å². The molecule has 5 heteroatoms. The van der Waals surface area contributed by atoms with Gasteiger partial charge >= 0.3 is 6.18 Å². The molecule has 0 heterocycles. The number of halogens is 4. The number of benzene rings is 2. The van der Waals surface area contributed by atoms with Crippen LogP contribution in [0, 0.1) is 6.92 Å². The minimum Gasteiger partial charge on any atom is -0.294 e. The Morgan fingerprint density at radius 2 is 1.86 bits per heavy atom. The van der Waals surface area contributed by atoms with Crippen LogP contribution >= 0.6 is 15.9 Å². The minimum absolute atomic E-state index is 0.0492. The van der Waals surface area contributed by atoms with Gasteiger partial charge in [-0.2, -0.15) is 13.2 Å². The predicted molar refractivity (Wildman–Crippen MR) is 78.4 cm³/mol. The highest BCUT2D eigenvalue weighted by atomic mass is 79.9. The second-order valence-electron chi connectivity index (χ2n) is 4.76. The number of rotatable bonds is 3. The molecule has 21 heavy (non-hydrogen) atoms. The van der Waals surface area contributed by atoms with Gasteiger partial charge in [0, 0.05) is 16.5 Å². The summed E-state index contributed by atoms with van der Waals surface area (Å²) in [5.74, 6) is -0.195. The number of Topliss-reactive ketones (excluding diaryl/α,β-unsaturated/α-hetero) is 1. The Bertz CT molecular complexity index is 677. The number of aryl methyl sites for hydroxylation is 1. The molecule has 0 aliphatic heterocycles. The van der Waals surface area contributed by atoms with Crippen LogP contribution in [0.4, 0.5) is 13.2 Å². The van der Waals surface area contributed by atoms with E-state index in [9.17, 15) is 18.0 Å². The summed E-state index contributed by atoms with van der Waals surface area (Å²) in [5, 5.41) is 0. The Balaban J connectivity index is 2.24. The zero-order chi connectivity index (χ0) is 15.6. The van der Waals surface area contributed by atoms with Crippen LogP contribution in [-0.2, 0) is 12.6 Å². The third kappa shape index (κ3) is 3.94. The Hall–Kier alpha value is -1.62. The van der Waals surface area contributed by atoms with Crippen molar-refractivity contribution >= 4 is 21.7 Å². The molecular formula is C16H12BrF3O. The molecule has 110 valence electrons. The Morgan fingerprint density at radius 1 is 1.14 bits per heavy atom. The smallest absolute Gasteiger partial charge is 0.294 e. The standard InChI is InChI=1S/C16H12BrF3O/c1-10-7-13(17)5-6-14(10)15(21)9-11-3-2-4-12(8-11)16(18,19)20/h2-8H,9H2,1H3. The molecule has 1 nitrogen and oxygen atoms in total. The summed E-state index contributed by atoms with van der Waals surface area (Å²) in [6.45, 7) is 1.80. The van der Waals surface area contributed by atoms with Gasteiger partial charge in [0.2, 0.25) is 0 Å². The van der Waals surface area contributed by atoms with Crippen LogP contribution in [0.3, 0.4) is 0 Å². The van der Waals surface area contributed by atoms with Gasteiger partial charge in [0.1, 0.15) is 0 Å². The molecular weight excluding hydrogens is 345 g/mol. The van der Waals surface area contributed by atoms with E-state index in [1.165, 1.54) is 12.1 Å². The number of carbonyl (C=O) groups is 1. The molecule has 0 aliphatic carbocycles. The summed E-state index contributed by atoms with van der Waals surface area (Å²) in [7, 11) is 0. The molecule has 2 rings (SSSR count). The van der Waals surface area contributed by atoms with Crippen molar-refractivity contribution < 1.29 is 18.0 Å². The Labute approximate surface area is 128 Å². The molecule has 0 radical (unpaired) electrons. The maximum atomic E-state index is 12.6. The highest BCUT2D eigenvalue weighted by molar-refractivity contribution is 9.10. The van der Waals surface area contributed by atoms with E-state index in [0.29, 0.717) is 11.1 Å². The lowest BCUT2D eigenvalue weighted by atomic mass is 9.98. The maximum Gasteiger partial charge on any atom is 0.416 e. The summed E-state index contributed by atoms with van der Waals surface area (Å²) >= 11 is 3.31. The van der Waals surface area contributed by atoms with Crippen molar-refractivity contribution in [1.29, 1.82) is 0 Å². The molecule has 0 aliphatic rings. The fourth-order valence-electron chi connectivity index (χ4n) is 2.08. The van der Waals surface area contributed by atoms with E-state index < -0.39 is 11.7 Å². The van der Waals surface area contributed by atoms with E-state index in [4.69, 9.17) is 0 Å². The van der Waals surface area contributed by atoms with Gasteiger partial charge < -0.3 is 0 Å². The van der Waals surface area contributed by atoms with Gasteiger partial charge in [-0.05, 0) is 36.2 Å². The second kappa shape index (κ2) is 6.02. The first-order valence-corrected chi connectivity index (χ1v) is 7.02. The lowest BCUT2D eigenvalue weighted by Gasteiger charge is -2.09. The molecule has 0 saturated carbocycles. The molecule has 0 unspecified atom stereocenters. The number of carbonyl (C=O) groups excluding carboxylic acids is 1. The molecule has 0 N–H and O–H groups in total. The van der Waals surface area contributed by atoms with E-state index in [2.05, 4.69) is 15.9 Å². The maximum absolute atomic E-state index is 12.6. The van der Waals surface area contributed by atoms with Crippen molar-refractivity contribution in [2.45, 2.75) is 19.5 Å². The molecule has 0 bridgehead atoms. The van der Waals surface area contributed by atoms with Crippen molar-refractivity contribution in [3.63, 3.8) is 0 Å². The SMILES string of the molecule is Cc1cc(Br)ccc1C(=O)Cc1cccc(C(F)(F)F)c1. The van der Waals surface area contributed by atoms with Crippen LogP contribution in [-0.4, -0.2) is 5.78 Å². The second-order valence-corrected chi connectivity index (χ2v) is 5.67. The molecule has 0 spiro atoms. The summed E-state index contributed by atoms with van der Waals surface area (Å²) < 4.78 is 38.8. The quantitative estimate of drug-likeness (QED) is 0.690. The van der Waals surface area contributed by atoms with E-state index in [-0.39, 0.29) is 12.2 Å². The van der Waals surface area contributed by atoms with Gasteiger partial charge in [0.25, 0.3) is 0 Å². The monoisotopic (exact) mass is 356 g/mol. The Kier molecular flexibility index (Phi) is 4.52. The number of hydrogen-bond acceptors (Lipinski definition) is 1. The lowest BCUT2D eigenvalue weighted by molar-refractivity contribution is -0.137. The first-order valence-electron chi connectivity index (χ1n) is 6.23. The average molecular weight is 357 g/mol. The van der Waals surface area contributed by atoms with Crippen molar-refractivity contribution in [1.82, 2.24) is 0 Å². The molecule has 2 aromatic carbocycles. The first kappa shape index (κ1) is 15.8. The predicted octanol–water partition coefficient (Wildman–Crippen LogP) is 5.20. The van der Waals surface area contributed by atoms with Crippen LogP contribution in [0.25, 0.3) is 0 Å². The van der Waals surface area contributed by atoms with Gasteiger partial charge in [-0.25, -0.2) is 0 Å². The first-order chi connectivity index (χ1) is 9.77. The van der Waals surface area contributed by atoms with Crippen molar-refractivity contribution in [2.75, 3.05) is 0 Å². The van der Waals surface area contributed by atoms with E-state index in [0.717, 1.165) is 22.2 Å². The lowest BCUT2D eigenvalue weighted by Crippen LogP contribution is -2.08. The van der Waals surface area contributed by atoms with Gasteiger partial charge in [0.15, 0.2) is 5.78 Å². The van der Waals surface area contributed by atoms with Crippen molar-refractivity contribution in [2.24, 2.45) is 0 Å². The molecule has 0 amide bonds. The summed E-state index contributed by atoms with van der Waals surface area (Å²) in [4.78, 5) is 12.2. The Morgan fingerprint density at radius 3 is 2.48 bits per heavy atom. The van der Waals surface area contributed by atoms with Gasteiger partial charge in [-0.15, -0.1) is 0 Å². The molecule has 0 aromatic heterocycles. The summed E-state index contributed by atoms with van der Waals surface area (Å²) in [5.41, 5.74) is 0.939. The van der Waals surface area contributed by atoms with E-state index in [1.807, 2.05) is 0 Å². The zero-order valence-electron chi connectivity index (χ0n) is 11.2. The molecule has 0 atom stereocenters. The third-order valence-electron chi connectivity index (χ3n) is 3.11. The number of ketones is 1. The fourth-order valence-corrected chi connectivity index (χ4v) is 2.55. The number of alkyl halides is 3.